The number of rotatable bonds is 10. The number of carbonyl (C=O) groups excluding carboxylic acids is 1. The van der Waals surface area contributed by atoms with Gasteiger partial charge in [-0.1, -0.05) is 18.2 Å². The van der Waals surface area contributed by atoms with Gasteiger partial charge in [0.1, 0.15) is 5.82 Å². The smallest absolute Gasteiger partial charge is 0.129 e. The van der Waals surface area contributed by atoms with Crippen LogP contribution < -0.4 is 10.4 Å². The SMILES string of the molecule is CC[N@+]1(C[C@@H](CC(=O)[O-])c2cccc(-n3nc(C)cc3C)c2)CC[C@@H](CCc2ccc3c(n2)NCCC3)C1. The number of aromatic nitrogens is 3. The minimum atomic E-state index is -0.983. The van der Waals surface area contributed by atoms with Crippen LogP contribution in [0.3, 0.4) is 0 Å². The summed E-state index contributed by atoms with van der Waals surface area (Å²) in [5.74, 6) is 0.629. The predicted molar refractivity (Wildman–Crippen MR) is 148 cm³/mol. The minimum absolute atomic E-state index is 0.0390. The van der Waals surface area contributed by atoms with Crippen molar-refractivity contribution in [2.75, 3.05) is 38.0 Å². The number of carbonyl (C=O) groups is 1. The Kier molecular flexibility index (Phi) is 7.84. The van der Waals surface area contributed by atoms with Crippen LogP contribution in [0.5, 0.6) is 0 Å². The van der Waals surface area contributed by atoms with Gasteiger partial charge < -0.3 is 19.7 Å². The largest absolute Gasteiger partial charge is 0.550 e. The van der Waals surface area contributed by atoms with Crippen LogP contribution in [0.2, 0.25) is 0 Å². The van der Waals surface area contributed by atoms with E-state index >= 15 is 0 Å². The average molecular weight is 516 g/mol. The highest BCUT2D eigenvalue weighted by molar-refractivity contribution is 5.65. The number of carboxylic acid groups (broad SMARTS) is 1. The number of hydrogen-bond donors (Lipinski definition) is 1. The Morgan fingerprint density at radius 2 is 2.11 bits per heavy atom. The number of aliphatic carboxylic acids is 1. The van der Waals surface area contributed by atoms with Crippen molar-refractivity contribution in [2.24, 2.45) is 5.92 Å². The fourth-order valence-electron chi connectivity index (χ4n) is 6.62. The third-order valence-corrected chi connectivity index (χ3v) is 8.71. The number of nitrogens with one attached hydrogen (secondary N) is 1. The quantitative estimate of drug-likeness (QED) is 0.414. The summed E-state index contributed by atoms with van der Waals surface area (Å²) < 4.78 is 2.90. The van der Waals surface area contributed by atoms with Gasteiger partial charge in [0, 0.05) is 42.2 Å². The molecule has 2 aliphatic rings. The van der Waals surface area contributed by atoms with Gasteiger partial charge in [0.2, 0.25) is 0 Å². The Morgan fingerprint density at radius 1 is 1.24 bits per heavy atom. The molecule has 0 aliphatic carbocycles. The van der Waals surface area contributed by atoms with E-state index in [-0.39, 0.29) is 12.3 Å². The van der Waals surface area contributed by atoms with Crippen LogP contribution in [0.25, 0.3) is 5.69 Å². The van der Waals surface area contributed by atoms with Gasteiger partial charge in [0.25, 0.3) is 0 Å². The van der Waals surface area contributed by atoms with Gasteiger partial charge in [-0.3, -0.25) is 0 Å². The highest BCUT2D eigenvalue weighted by Crippen LogP contribution is 2.33. The van der Waals surface area contributed by atoms with Gasteiger partial charge >= 0.3 is 0 Å². The van der Waals surface area contributed by atoms with E-state index in [1.165, 1.54) is 24.1 Å². The molecule has 1 aromatic carbocycles. The molecule has 0 saturated carbocycles. The standard InChI is InChI=1S/C31H41N5O2/c1-4-36(16-14-24(20-36)10-12-28-13-11-25-8-6-15-32-31(25)33-28)21-27(19-30(37)38)26-7-5-9-29(18-26)35-23(3)17-22(2)34-35/h5,7,9,11,13,17-18,24,27H,4,6,8,10,12,14-16,19-21H2,1-3H3,(H-,32,33,37,38)/t24-,27-,36+/m1/s1. The first-order valence-corrected chi connectivity index (χ1v) is 14.3. The molecule has 1 N–H and O–H groups in total. The van der Waals surface area contributed by atoms with Crippen molar-refractivity contribution in [3.63, 3.8) is 0 Å². The Balaban J connectivity index is 1.28. The number of likely N-dealkylation sites (tertiary alicyclic amines) is 1. The first kappa shape index (κ1) is 26.4. The monoisotopic (exact) mass is 515 g/mol. The lowest BCUT2D eigenvalue weighted by molar-refractivity contribution is -0.917. The van der Waals surface area contributed by atoms with E-state index in [9.17, 15) is 9.90 Å². The van der Waals surface area contributed by atoms with Crippen LogP contribution in [-0.2, 0) is 17.6 Å². The minimum Gasteiger partial charge on any atom is -0.550 e. The molecule has 2 aromatic heterocycles. The van der Waals surface area contributed by atoms with Gasteiger partial charge in [-0.25, -0.2) is 9.67 Å². The molecule has 2 aliphatic heterocycles. The number of nitrogens with zero attached hydrogens (tertiary/aromatic N) is 4. The normalized spacial score (nSPS) is 21.6. The fraction of sp³-hybridized carbons (Fsp3) is 0.516. The molecule has 0 spiro atoms. The van der Waals surface area contributed by atoms with Crippen molar-refractivity contribution < 1.29 is 14.4 Å². The summed E-state index contributed by atoms with van der Waals surface area (Å²) in [5.41, 5.74) is 6.59. The van der Waals surface area contributed by atoms with E-state index in [1.54, 1.807) is 0 Å². The molecule has 5 rings (SSSR count). The molecule has 38 heavy (non-hydrogen) atoms. The first-order valence-electron chi connectivity index (χ1n) is 14.3. The second kappa shape index (κ2) is 11.3. The summed E-state index contributed by atoms with van der Waals surface area (Å²) in [6.45, 7) is 11.3. The molecule has 1 saturated heterocycles. The molecular formula is C31H41N5O2. The maximum atomic E-state index is 11.8. The summed E-state index contributed by atoms with van der Waals surface area (Å²) in [6, 6.07) is 14.8. The number of aryl methyl sites for hydroxylation is 4. The van der Waals surface area contributed by atoms with Crippen LogP contribution in [0.1, 0.15) is 66.7 Å². The van der Waals surface area contributed by atoms with E-state index in [4.69, 9.17) is 4.98 Å². The zero-order valence-electron chi connectivity index (χ0n) is 23.1. The Labute approximate surface area is 226 Å². The summed E-state index contributed by atoms with van der Waals surface area (Å²) in [4.78, 5) is 16.7. The fourth-order valence-corrected chi connectivity index (χ4v) is 6.62. The van der Waals surface area contributed by atoms with Crippen molar-refractivity contribution in [3.8, 4) is 5.69 Å². The zero-order valence-corrected chi connectivity index (χ0v) is 23.1. The lowest BCUT2D eigenvalue weighted by Gasteiger charge is -2.37. The number of benzene rings is 1. The molecular weight excluding hydrogens is 474 g/mol. The zero-order chi connectivity index (χ0) is 26.7. The van der Waals surface area contributed by atoms with Crippen LogP contribution in [0.15, 0.2) is 42.5 Å². The number of carboxylic acids is 1. The van der Waals surface area contributed by atoms with Crippen LogP contribution in [-0.4, -0.2) is 57.9 Å². The number of anilines is 1. The number of pyridine rings is 1. The summed E-state index contributed by atoms with van der Waals surface area (Å²) in [5, 5.41) is 19.9. The van der Waals surface area contributed by atoms with Gasteiger partial charge in [0.15, 0.2) is 0 Å². The second-order valence-corrected chi connectivity index (χ2v) is 11.5. The third kappa shape index (κ3) is 5.93. The predicted octanol–water partition coefficient (Wildman–Crippen LogP) is 3.96. The molecule has 3 aromatic rings. The molecule has 0 amide bonds. The molecule has 7 nitrogen and oxygen atoms in total. The van der Waals surface area contributed by atoms with Gasteiger partial charge in [-0.15, -0.1) is 0 Å². The van der Waals surface area contributed by atoms with Crippen molar-refractivity contribution in [1.29, 1.82) is 0 Å². The van der Waals surface area contributed by atoms with E-state index in [0.29, 0.717) is 5.92 Å². The average Bonchev–Trinajstić information content (AvgIpc) is 3.49. The maximum absolute atomic E-state index is 11.8. The highest BCUT2D eigenvalue weighted by atomic mass is 16.4. The van der Waals surface area contributed by atoms with E-state index < -0.39 is 5.97 Å². The molecule has 0 unspecified atom stereocenters. The van der Waals surface area contributed by atoms with Crippen LogP contribution in [0.4, 0.5) is 5.82 Å². The molecule has 0 bridgehead atoms. The molecule has 7 heteroatoms. The highest BCUT2D eigenvalue weighted by Gasteiger charge is 2.39. The van der Waals surface area contributed by atoms with E-state index in [1.807, 2.05) is 30.7 Å². The van der Waals surface area contributed by atoms with Gasteiger partial charge in [0.05, 0.1) is 37.6 Å². The Hall–Kier alpha value is -3.19. The molecule has 3 atom stereocenters. The number of fused-ring (bicyclic) bond motifs is 1. The molecule has 4 heterocycles. The van der Waals surface area contributed by atoms with Crippen molar-refractivity contribution in [2.45, 2.75) is 65.2 Å². The first-order chi connectivity index (χ1) is 18.3. The van der Waals surface area contributed by atoms with E-state index in [0.717, 1.165) is 84.9 Å². The van der Waals surface area contributed by atoms with Crippen molar-refractivity contribution in [3.05, 3.63) is 70.7 Å². The maximum Gasteiger partial charge on any atom is 0.129 e. The van der Waals surface area contributed by atoms with Crippen molar-refractivity contribution in [1.82, 2.24) is 14.8 Å². The van der Waals surface area contributed by atoms with Gasteiger partial charge in [-0.2, -0.15) is 5.10 Å². The summed E-state index contributed by atoms with van der Waals surface area (Å²) >= 11 is 0. The summed E-state index contributed by atoms with van der Waals surface area (Å²) in [6.07, 6.45) is 5.64. The second-order valence-electron chi connectivity index (χ2n) is 11.5. The molecule has 1 fully saturated rings. The van der Waals surface area contributed by atoms with Gasteiger partial charge in [-0.05, 0) is 88.3 Å². The van der Waals surface area contributed by atoms with E-state index in [2.05, 4.69) is 47.7 Å². The molecule has 202 valence electrons. The number of quaternary nitrogens is 1. The Bertz CT molecular complexity index is 1290. The summed E-state index contributed by atoms with van der Waals surface area (Å²) in [7, 11) is 0. The number of likely N-dealkylation sites (N-methyl/N-ethyl adjacent to an activating group) is 1. The number of hydrogen-bond acceptors (Lipinski definition) is 5. The third-order valence-electron chi connectivity index (χ3n) is 8.71. The van der Waals surface area contributed by atoms with Crippen LogP contribution in [0, 0.1) is 19.8 Å². The lowest BCUT2D eigenvalue weighted by atomic mass is 9.93. The molecule has 0 radical (unpaired) electrons. The topological polar surface area (TPSA) is 82.9 Å². The lowest BCUT2D eigenvalue weighted by Crippen LogP contribution is -2.49. The van der Waals surface area contributed by atoms with Crippen molar-refractivity contribution >= 4 is 11.8 Å². The van der Waals surface area contributed by atoms with Crippen LogP contribution >= 0.6 is 0 Å². The Morgan fingerprint density at radius 3 is 2.87 bits per heavy atom.